The van der Waals surface area contributed by atoms with E-state index in [0.29, 0.717) is 0 Å². The van der Waals surface area contributed by atoms with Crippen molar-refractivity contribution >= 4 is 5.91 Å². The van der Waals surface area contributed by atoms with Crippen LogP contribution in [0.15, 0.2) is 0 Å². The summed E-state index contributed by atoms with van der Waals surface area (Å²) in [5.74, 6) is 0.0646. The van der Waals surface area contributed by atoms with Crippen molar-refractivity contribution in [2.45, 2.75) is 52.1 Å². The molecule has 0 unspecified atom stereocenters. The molecular weight excluding hydrogens is 204 g/mol. The van der Waals surface area contributed by atoms with Gasteiger partial charge in [-0.1, -0.05) is 13.8 Å². The molecule has 4 nitrogen and oxygen atoms in total. The highest BCUT2D eigenvalue weighted by Crippen LogP contribution is 2.13. The number of rotatable bonds is 7. The largest absolute Gasteiger partial charge is 0.394 e. The van der Waals surface area contributed by atoms with Crippen LogP contribution in [0.5, 0.6) is 0 Å². The van der Waals surface area contributed by atoms with Gasteiger partial charge < -0.3 is 15.3 Å². The molecular formula is C12H26N2O2. The number of aliphatic hydroxyl groups is 1. The summed E-state index contributed by atoms with van der Waals surface area (Å²) >= 11 is 0. The summed E-state index contributed by atoms with van der Waals surface area (Å²) < 4.78 is 0. The summed E-state index contributed by atoms with van der Waals surface area (Å²) in [4.78, 5) is 13.5. The number of carbonyl (C=O) groups is 1. The quantitative estimate of drug-likeness (QED) is 0.686. The zero-order valence-electron chi connectivity index (χ0n) is 11.2. The summed E-state index contributed by atoms with van der Waals surface area (Å²) in [6.45, 7) is 8.36. The second-order valence-corrected chi connectivity index (χ2v) is 4.60. The Morgan fingerprint density at radius 3 is 2.19 bits per heavy atom. The van der Waals surface area contributed by atoms with Gasteiger partial charge in [0.15, 0.2) is 0 Å². The summed E-state index contributed by atoms with van der Waals surface area (Å²) in [7, 11) is 1.80. The van der Waals surface area contributed by atoms with E-state index in [1.807, 2.05) is 27.7 Å². The average Bonchev–Trinajstić information content (AvgIpc) is 2.30. The van der Waals surface area contributed by atoms with Gasteiger partial charge >= 0.3 is 0 Å². The van der Waals surface area contributed by atoms with E-state index in [1.54, 1.807) is 11.9 Å². The number of hydrogen-bond donors (Lipinski definition) is 2. The third kappa shape index (κ3) is 4.10. The van der Waals surface area contributed by atoms with Crippen molar-refractivity contribution in [3.05, 3.63) is 0 Å². The van der Waals surface area contributed by atoms with Crippen LogP contribution in [0.1, 0.15) is 40.5 Å². The number of likely N-dealkylation sites (N-methyl/N-ethyl adjacent to an activating group) is 1. The SMILES string of the molecule is CCC(CC)(CO)NCC(=O)N(C)C(C)C. The van der Waals surface area contributed by atoms with Gasteiger partial charge in [0, 0.05) is 18.6 Å². The Bertz CT molecular complexity index is 205. The molecule has 0 heterocycles. The molecule has 0 bridgehead atoms. The number of hydrogen-bond acceptors (Lipinski definition) is 3. The van der Waals surface area contributed by atoms with Crippen molar-refractivity contribution in [1.29, 1.82) is 0 Å². The molecule has 0 aromatic carbocycles. The van der Waals surface area contributed by atoms with Crippen LogP contribution >= 0.6 is 0 Å². The minimum absolute atomic E-state index is 0.0646. The molecule has 0 atom stereocenters. The van der Waals surface area contributed by atoms with Gasteiger partial charge in [-0.25, -0.2) is 0 Å². The molecule has 0 saturated carbocycles. The molecule has 0 radical (unpaired) electrons. The van der Waals surface area contributed by atoms with E-state index in [9.17, 15) is 9.90 Å². The number of carbonyl (C=O) groups excluding carboxylic acids is 1. The lowest BCUT2D eigenvalue weighted by atomic mass is 9.94. The Balaban J connectivity index is 4.26. The van der Waals surface area contributed by atoms with Crippen molar-refractivity contribution in [2.24, 2.45) is 0 Å². The van der Waals surface area contributed by atoms with Crippen LogP contribution in [0.2, 0.25) is 0 Å². The van der Waals surface area contributed by atoms with Crippen molar-refractivity contribution in [3.63, 3.8) is 0 Å². The third-order valence-corrected chi connectivity index (χ3v) is 3.44. The molecule has 0 aliphatic carbocycles. The molecule has 1 amide bonds. The predicted octanol–water partition coefficient (Wildman–Crippen LogP) is 0.994. The summed E-state index contributed by atoms with van der Waals surface area (Å²) in [5, 5.41) is 12.5. The third-order valence-electron chi connectivity index (χ3n) is 3.44. The number of nitrogens with zero attached hydrogens (tertiary/aromatic N) is 1. The summed E-state index contributed by atoms with van der Waals surface area (Å²) in [6, 6.07) is 0.209. The van der Waals surface area contributed by atoms with Crippen LogP contribution in [0, 0.1) is 0 Å². The van der Waals surface area contributed by atoms with E-state index in [2.05, 4.69) is 5.32 Å². The molecule has 0 aliphatic rings. The Morgan fingerprint density at radius 1 is 1.38 bits per heavy atom. The van der Waals surface area contributed by atoms with Gasteiger partial charge in [0.1, 0.15) is 0 Å². The first-order chi connectivity index (χ1) is 7.42. The van der Waals surface area contributed by atoms with Gasteiger partial charge in [0.2, 0.25) is 5.91 Å². The van der Waals surface area contributed by atoms with Crippen LogP contribution in [0.4, 0.5) is 0 Å². The lowest BCUT2D eigenvalue weighted by Gasteiger charge is -2.32. The predicted molar refractivity (Wildman–Crippen MR) is 66.3 cm³/mol. The molecule has 16 heavy (non-hydrogen) atoms. The van der Waals surface area contributed by atoms with Gasteiger partial charge in [-0.3, -0.25) is 4.79 Å². The second kappa shape index (κ2) is 6.86. The van der Waals surface area contributed by atoms with Crippen molar-refractivity contribution in [2.75, 3.05) is 20.2 Å². The van der Waals surface area contributed by atoms with E-state index < -0.39 is 0 Å². The minimum Gasteiger partial charge on any atom is -0.394 e. The highest BCUT2D eigenvalue weighted by atomic mass is 16.3. The average molecular weight is 230 g/mol. The standard InChI is InChI=1S/C12H26N2O2/c1-6-12(7-2,9-15)13-8-11(16)14(5)10(3)4/h10,13,15H,6-9H2,1-5H3. The molecule has 0 fully saturated rings. The molecule has 0 aromatic rings. The maximum Gasteiger partial charge on any atom is 0.236 e. The maximum absolute atomic E-state index is 11.8. The second-order valence-electron chi connectivity index (χ2n) is 4.60. The van der Waals surface area contributed by atoms with E-state index in [-0.39, 0.29) is 30.6 Å². The van der Waals surface area contributed by atoms with Gasteiger partial charge in [-0.2, -0.15) is 0 Å². The van der Waals surface area contributed by atoms with Gasteiger partial charge in [0.05, 0.1) is 13.2 Å². The first kappa shape index (κ1) is 15.4. The molecule has 0 rings (SSSR count). The lowest BCUT2D eigenvalue weighted by molar-refractivity contribution is -0.130. The van der Waals surface area contributed by atoms with Crippen LogP contribution in [-0.2, 0) is 4.79 Å². The first-order valence-electron chi connectivity index (χ1n) is 6.04. The first-order valence-corrected chi connectivity index (χ1v) is 6.04. The number of amides is 1. The lowest BCUT2D eigenvalue weighted by Crippen LogP contribution is -2.52. The minimum atomic E-state index is -0.312. The topological polar surface area (TPSA) is 52.6 Å². The van der Waals surface area contributed by atoms with Crippen molar-refractivity contribution in [1.82, 2.24) is 10.2 Å². The van der Waals surface area contributed by atoms with Crippen molar-refractivity contribution < 1.29 is 9.90 Å². The van der Waals surface area contributed by atoms with E-state index in [4.69, 9.17) is 0 Å². The molecule has 0 aromatic heterocycles. The highest BCUT2D eigenvalue weighted by molar-refractivity contribution is 5.78. The van der Waals surface area contributed by atoms with Gasteiger partial charge in [-0.15, -0.1) is 0 Å². The molecule has 96 valence electrons. The molecule has 0 saturated heterocycles. The van der Waals surface area contributed by atoms with Crippen LogP contribution in [0.25, 0.3) is 0 Å². The van der Waals surface area contributed by atoms with E-state index in [1.165, 1.54) is 0 Å². The Morgan fingerprint density at radius 2 is 1.88 bits per heavy atom. The van der Waals surface area contributed by atoms with E-state index >= 15 is 0 Å². The number of aliphatic hydroxyl groups excluding tert-OH is 1. The summed E-state index contributed by atoms with van der Waals surface area (Å²) in [6.07, 6.45) is 1.64. The Kier molecular flexibility index (Phi) is 6.60. The van der Waals surface area contributed by atoms with Crippen molar-refractivity contribution in [3.8, 4) is 0 Å². The van der Waals surface area contributed by atoms with Crippen LogP contribution < -0.4 is 5.32 Å². The zero-order valence-corrected chi connectivity index (χ0v) is 11.2. The molecule has 0 aliphatic heterocycles. The maximum atomic E-state index is 11.8. The Hall–Kier alpha value is -0.610. The zero-order chi connectivity index (χ0) is 12.8. The number of nitrogens with one attached hydrogen (secondary N) is 1. The normalized spacial score (nSPS) is 11.9. The van der Waals surface area contributed by atoms with Gasteiger partial charge in [-0.05, 0) is 26.7 Å². The van der Waals surface area contributed by atoms with Crippen LogP contribution in [-0.4, -0.2) is 47.7 Å². The molecule has 2 N–H and O–H groups in total. The smallest absolute Gasteiger partial charge is 0.236 e. The fraction of sp³-hybridized carbons (Fsp3) is 0.917. The van der Waals surface area contributed by atoms with E-state index in [0.717, 1.165) is 12.8 Å². The summed E-state index contributed by atoms with van der Waals surface area (Å²) in [5.41, 5.74) is -0.312. The van der Waals surface area contributed by atoms with Crippen LogP contribution in [0.3, 0.4) is 0 Å². The molecule has 0 spiro atoms. The fourth-order valence-electron chi connectivity index (χ4n) is 1.46. The highest BCUT2D eigenvalue weighted by Gasteiger charge is 2.25. The van der Waals surface area contributed by atoms with Gasteiger partial charge in [0.25, 0.3) is 0 Å². The Labute approximate surface area is 99.0 Å². The monoisotopic (exact) mass is 230 g/mol. The molecule has 4 heteroatoms. The fourth-order valence-corrected chi connectivity index (χ4v) is 1.46.